The Morgan fingerprint density at radius 3 is 1.43 bits per heavy atom. The molecule has 0 radical (unpaired) electrons. The van der Waals surface area contributed by atoms with Crippen LogP contribution in [0.1, 0.15) is 125 Å². The quantitative estimate of drug-likeness (QED) is 0.172. The van der Waals surface area contributed by atoms with Gasteiger partial charge in [-0.2, -0.15) is 0 Å². The molecule has 2 fully saturated rings. The summed E-state index contributed by atoms with van der Waals surface area (Å²) in [5.41, 5.74) is 6.59. The molecule has 19 heteroatoms. The van der Waals surface area contributed by atoms with Gasteiger partial charge < -0.3 is 32.8 Å². The Morgan fingerprint density at radius 1 is 0.597 bits per heavy atom. The maximum atomic E-state index is 13.8. The molecule has 1 N–H and O–H groups in total. The zero-order valence-electron chi connectivity index (χ0n) is 45.8. The Hall–Kier alpha value is -6.82. The van der Waals surface area contributed by atoms with Crippen LogP contribution >= 0.6 is 39.1 Å². The summed E-state index contributed by atoms with van der Waals surface area (Å²) in [5.74, 6) is 0.845. The highest BCUT2D eigenvalue weighted by molar-refractivity contribution is 9.10. The number of aryl methyl sites for hydroxylation is 4. The second kappa shape index (κ2) is 21.2. The van der Waals surface area contributed by atoms with Crippen LogP contribution in [0.25, 0.3) is 44.7 Å². The second-order valence-electron chi connectivity index (χ2n) is 22.2. The summed E-state index contributed by atoms with van der Waals surface area (Å²) < 4.78 is 23.7. The van der Waals surface area contributed by atoms with Crippen LogP contribution in [0.2, 0.25) is 10.0 Å². The lowest BCUT2D eigenvalue weighted by Gasteiger charge is -2.44. The third kappa shape index (κ3) is 11.6. The molecule has 6 aromatic heterocycles. The van der Waals surface area contributed by atoms with E-state index in [1.54, 1.807) is 68.4 Å². The minimum absolute atomic E-state index is 0.146. The monoisotopic (exact) mass is 1150 g/mol. The third-order valence-corrected chi connectivity index (χ3v) is 14.8. The Labute approximate surface area is 466 Å². The fourth-order valence-corrected chi connectivity index (χ4v) is 9.85. The number of benzene rings is 2. The molecule has 2 aromatic carbocycles. The van der Waals surface area contributed by atoms with Gasteiger partial charge in [-0.1, -0.05) is 89.0 Å². The maximum Gasteiger partial charge on any atom is 0.290 e. The van der Waals surface area contributed by atoms with Gasteiger partial charge in [-0.15, -0.1) is 0 Å². The van der Waals surface area contributed by atoms with Crippen molar-refractivity contribution in [3.8, 4) is 22.5 Å². The number of anilines is 1. The Bertz CT molecular complexity index is 3540. The first kappa shape index (κ1) is 56.4. The van der Waals surface area contributed by atoms with E-state index in [1.807, 2.05) is 74.5 Å². The number of nitrogens with zero attached hydrogens (tertiary/aromatic N) is 7. The van der Waals surface area contributed by atoms with Gasteiger partial charge in [0.05, 0.1) is 17.1 Å². The largest absolute Gasteiger partial charge is 0.449 e. The lowest BCUT2D eigenvalue weighted by atomic mass is 9.86. The molecule has 8 heterocycles. The van der Waals surface area contributed by atoms with E-state index in [1.165, 1.54) is 0 Å². The van der Waals surface area contributed by atoms with Crippen LogP contribution in [-0.4, -0.2) is 90.6 Å². The summed E-state index contributed by atoms with van der Waals surface area (Å²) in [6.07, 6.45) is 0. The van der Waals surface area contributed by atoms with Crippen LogP contribution in [0, 0.1) is 27.7 Å². The highest BCUT2D eigenvalue weighted by Gasteiger charge is 2.47. The van der Waals surface area contributed by atoms with Gasteiger partial charge in [0.2, 0.25) is 11.8 Å². The predicted molar refractivity (Wildman–Crippen MR) is 302 cm³/mol. The van der Waals surface area contributed by atoms with Crippen molar-refractivity contribution in [2.45, 2.75) is 119 Å². The van der Waals surface area contributed by atoms with E-state index in [9.17, 15) is 19.2 Å². The van der Waals surface area contributed by atoms with Gasteiger partial charge in [0.25, 0.3) is 17.7 Å². The van der Waals surface area contributed by atoms with Gasteiger partial charge in [0, 0.05) is 84.5 Å². The number of hydrogen-bond donors (Lipinski definition) is 1. The fourth-order valence-electron chi connectivity index (χ4n) is 9.28. The third-order valence-electron chi connectivity index (χ3n) is 13.6. The van der Waals surface area contributed by atoms with Crippen molar-refractivity contribution in [3.05, 3.63) is 133 Å². The molecule has 77 heavy (non-hydrogen) atoms. The van der Waals surface area contributed by atoms with Crippen LogP contribution in [0.3, 0.4) is 0 Å². The van der Waals surface area contributed by atoms with Crippen molar-refractivity contribution in [2.24, 2.45) is 0 Å². The number of rotatable bonds is 5. The van der Waals surface area contributed by atoms with E-state index in [4.69, 9.17) is 50.8 Å². The van der Waals surface area contributed by atoms with E-state index >= 15 is 0 Å². The average Bonchev–Trinajstić information content (AvgIpc) is 4.14. The molecule has 404 valence electrons. The number of halogens is 3. The molecule has 0 unspecified atom stereocenters. The lowest BCUT2D eigenvalue weighted by molar-refractivity contribution is -0.133. The van der Waals surface area contributed by atoms with E-state index in [-0.39, 0.29) is 52.5 Å². The molecule has 8 aromatic rings. The molecule has 0 saturated carbocycles. The lowest BCUT2D eigenvalue weighted by Crippen LogP contribution is -2.64. The van der Waals surface area contributed by atoms with Gasteiger partial charge in [-0.3, -0.25) is 24.1 Å². The number of carbonyl (C=O) groups excluding carboxylic acids is 4. The van der Waals surface area contributed by atoms with Gasteiger partial charge in [-0.05, 0) is 105 Å². The van der Waals surface area contributed by atoms with E-state index in [0.717, 1.165) is 44.0 Å². The topological polar surface area (TPSA) is 194 Å². The minimum atomic E-state index is -1.13. The number of carbonyl (C=O) groups is 4. The molecule has 0 aliphatic carbocycles. The normalized spacial score (nSPS) is 15.5. The van der Waals surface area contributed by atoms with E-state index in [2.05, 4.69) is 72.8 Å². The maximum absolute atomic E-state index is 13.8. The van der Waals surface area contributed by atoms with Crippen molar-refractivity contribution in [1.29, 1.82) is 0 Å². The number of pyridine rings is 2. The summed E-state index contributed by atoms with van der Waals surface area (Å²) in [4.78, 5) is 75.4. The predicted octanol–water partition coefficient (Wildman–Crippen LogP) is 13.2. The summed E-state index contributed by atoms with van der Waals surface area (Å²) >= 11 is 15.3. The summed E-state index contributed by atoms with van der Waals surface area (Å²) in [5, 5.41) is 4.11. The van der Waals surface area contributed by atoms with Crippen molar-refractivity contribution >= 4 is 90.8 Å². The summed E-state index contributed by atoms with van der Waals surface area (Å²) in [6, 6.07) is 22.3. The number of oxazole rings is 2. The molecular formula is C58H63BrCl2N8O8. The minimum Gasteiger partial charge on any atom is -0.449 e. The van der Waals surface area contributed by atoms with Crippen molar-refractivity contribution in [1.82, 2.24) is 35.1 Å². The second-order valence-corrected chi connectivity index (χ2v) is 23.8. The smallest absolute Gasteiger partial charge is 0.290 e. The Balaban J connectivity index is 0.000000180. The molecular weight excluding hydrogens is 1090 g/mol. The molecule has 2 aliphatic rings. The van der Waals surface area contributed by atoms with Crippen LogP contribution in [0.15, 0.2) is 95.1 Å². The summed E-state index contributed by atoms with van der Waals surface area (Å²) in [7, 11) is 0. The molecule has 2 saturated heterocycles. The summed E-state index contributed by atoms with van der Waals surface area (Å²) in [6.45, 7) is 28.2. The Morgan fingerprint density at radius 2 is 1.04 bits per heavy atom. The zero-order chi connectivity index (χ0) is 56.3. The van der Waals surface area contributed by atoms with Crippen molar-refractivity contribution in [3.63, 3.8) is 0 Å². The first-order valence-corrected chi connectivity index (χ1v) is 26.7. The first-order chi connectivity index (χ1) is 35.9. The molecule has 0 spiro atoms. The standard InChI is InChI=1S/C29H31ClN4O4.C24H26ClN3O3.C5H6BrNO/c1-16-26(37-17(2)31-16)33-12-13-34(29(6,7)27(33)36)25(35)23-15-22-24(38-23)20(28(3,4)5)14-21(32-22)18-8-10-19(30)11-9-18;1-23(2,3)16-12-17(14-6-8-15(25)9-7-14)27-18-13-19(31-20(16)18)21(29)28-11-10-26-22(30)24(28,4)5;1-3-5(6)8-4(2)7-3/h8-11,14-15H,12-13H2,1-7H3;6-9,12-13H,10-11H2,1-5H3,(H,26,30);1-2H3. The van der Waals surface area contributed by atoms with Gasteiger partial charge in [-0.25, -0.2) is 19.9 Å². The van der Waals surface area contributed by atoms with Crippen molar-refractivity contribution < 1.29 is 36.8 Å². The van der Waals surface area contributed by atoms with Crippen LogP contribution in [0.5, 0.6) is 0 Å². The van der Waals surface area contributed by atoms with Crippen LogP contribution in [-0.2, 0) is 20.4 Å². The van der Waals surface area contributed by atoms with E-state index < -0.39 is 11.1 Å². The molecule has 2 aliphatic heterocycles. The number of amides is 4. The number of fused-ring (bicyclic) bond motifs is 2. The SMILES string of the molecule is CC(C)(C)c1cc(-c2ccc(Cl)cc2)nc2cc(C(=O)N3CCNC(=O)C3(C)C)oc12.Cc1nc(C)c(Br)o1.Cc1nc(C)c(N2CCN(C(=O)c3cc4nc(-c5ccc(Cl)cc5)cc(C(C)(C)C)c4o3)C(C)(C)C2=O)o1. The zero-order valence-corrected chi connectivity index (χ0v) is 48.9. The van der Waals surface area contributed by atoms with Crippen LogP contribution < -0.4 is 10.2 Å². The van der Waals surface area contributed by atoms with Gasteiger partial charge in [0.15, 0.2) is 39.1 Å². The number of piperazine rings is 2. The van der Waals surface area contributed by atoms with Crippen LogP contribution in [0.4, 0.5) is 5.88 Å². The fraction of sp³-hybridized carbons (Fsp3) is 0.379. The number of hydrogen-bond acceptors (Lipinski definition) is 12. The molecule has 4 amide bonds. The highest BCUT2D eigenvalue weighted by atomic mass is 79.9. The van der Waals surface area contributed by atoms with Crippen molar-refractivity contribution in [2.75, 3.05) is 31.1 Å². The molecule has 0 bridgehead atoms. The molecule has 16 nitrogen and oxygen atoms in total. The number of nitrogens with one attached hydrogen (secondary N) is 1. The van der Waals surface area contributed by atoms with E-state index in [0.29, 0.717) is 75.2 Å². The Kier molecular flexibility index (Phi) is 15.5. The number of furan rings is 2. The average molecular weight is 1150 g/mol. The number of aromatic nitrogens is 4. The van der Waals surface area contributed by atoms with Gasteiger partial charge >= 0.3 is 0 Å². The van der Waals surface area contributed by atoms with Gasteiger partial charge in [0.1, 0.15) is 27.8 Å². The molecule has 0 atom stereocenters. The highest BCUT2D eigenvalue weighted by Crippen LogP contribution is 2.39. The molecule has 10 rings (SSSR count). The first-order valence-electron chi connectivity index (χ1n) is 25.2.